The maximum absolute atomic E-state index is 11.9. The predicted octanol–water partition coefficient (Wildman–Crippen LogP) is 1.20. The fourth-order valence-electron chi connectivity index (χ4n) is 2.05. The summed E-state index contributed by atoms with van der Waals surface area (Å²) in [5, 5.41) is 3.99. The van der Waals surface area contributed by atoms with Gasteiger partial charge in [0.05, 0.1) is 0 Å². The Hall–Kier alpha value is -0.630. The third-order valence-electron chi connectivity index (χ3n) is 3.27. The molecule has 1 aliphatic heterocycles. The zero-order chi connectivity index (χ0) is 13.7. The molecule has 1 N–H and O–H groups in total. The second-order valence-electron chi connectivity index (χ2n) is 4.57. The first kappa shape index (κ1) is 20.4. The number of carbonyl (C=O) groups is 1. The largest absolute Gasteiger partial charge is 0.343 e. The van der Waals surface area contributed by atoms with Crippen molar-refractivity contribution < 1.29 is 4.79 Å². The number of rotatable bonds is 5. The molecule has 1 saturated heterocycles. The van der Waals surface area contributed by atoms with Crippen molar-refractivity contribution in [2.45, 2.75) is 19.8 Å². The minimum atomic E-state index is 0. The fraction of sp³-hybridized carbons (Fsp3) is 0.750. The Kier molecular flexibility index (Phi) is 9.85. The number of nitrogens with one attached hydrogen (secondary N) is 1. The topological polar surface area (TPSA) is 61.4 Å². The van der Waals surface area contributed by atoms with E-state index in [1.807, 2.05) is 11.9 Å². The lowest BCUT2D eigenvalue weighted by Gasteiger charge is -2.34. The van der Waals surface area contributed by atoms with Gasteiger partial charge in [0.25, 0.3) is 0 Å². The molecule has 6 nitrogen and oxygen atoms in total. The summed E-state index contributed by atoms with van der Waals surface area (Å²) in [6, 6.07) is 0. The lowest BCUT2D eigenvalue weighted by Crippen LogP contribution is -2.49. The number of amides is 1. The van der Waals surface area contributed by atoms with Crippen LogP contribution in [0, 0.1) is 0 Å². The van der Waals surface area contributed by atoms with E-state index in [2.05, 4.69) is 26.5 Å². The average molecular weight is 356 g/mol. The number of piperazine rings is 1. The first-order chi connectivity index (χ1) is 9.24. The van der Waals surface area contributed by atoms with E-state index in [4.69, 9.17) is 0 Å². The van der Waals surface area contributed by atoms with Crippen molar-refractivity contribution >= 4 is 47.4 Å². The van der Waals surface area contributed by atoms with Gasteiger partial charge in [0.2, 0.25) is 11.0 Å². The van der Waals surface area contributed by atoms with Crippen LogP contribution in [0.4, 0.5) is 5.13 Å². The van der Waals surface area contributed by atoms with E-state index in [-0.39, 0.29) is 30.7 Å². The van der Waals surface area contributed by atoms with Gasteiger partial charge in [0.15, 0.2) is 0 Å². The van der Waals surface area contributed by atoms with Crippen LogP contribution in [0.15, 0.2) is 0 Å². The molecule has 0 bridgehead atoms. The van der Waals surface area contributed by atoms with E-state index in [9.17, 15) is 4.79 Å². The van der Waals surface area contributed by atoms with E-state index in [0.717, 1.165) is 50.1 Å². The van der Waals surface area contributed by atoms with Crippen molar-refractivity contribution in [2.24, 2.45) is 0 Å². The highest BCUT2D eigenvalue weighted by atomic mass is 35.5. The maximum Gasteiger partial charge on any atom is 0.223 e. The number of halogens is 2. The zero-order valence-electron chi connectivity index (χ0n) is 12.4. The van der Waals surface area contributed by atoms with Crippen molar-refractivity contribution in [2.75, 3.05) is 44.7 Å². The maximum atomic E-state index is 11.9. The van der Waals surface area contributed by atoms with Crippen LogP contribution in [0.3, 0.4) is 0 Å². The van der Waals surface area contributed by atoms with Gasteiger partial charge in [-0.3, -0.25) is 4.79 Å². The number of aromatic nitrogens is 2. The minimum absolute atomic E-state index is 0. The van der Waals surface area contributed by atoms with Crippen LogP contribution in [-0.2, 0) is 11.2 Å². The Morgan fingerprint density at radius 2 is 1.95 bits per heavy atom. The quantitative estimate of drug-likeness (QED) is 0.859. The van der Waals surface area contributed by atoms with Crippen molar-refractivity contribution in [3.8, 4) is 0 Å². The Morgan fingerprint density at radius 1 is 1.29 bits per heavy atom. The van der Waals surface area contributed by atoms with Crippen molar-refractivity contribution in [1.29, 1.82) is 0 Å². The summed E-state index contributed by atoms with van der Waals surface area (Å²) < 4.78 is 4.30. The minimum Gasteiger partial charge on any atom is -0.343 e. The lowest BCUT2D eigenvalue weighted by atomic mass is 10.3. The molecular weight excluding hydrogens is 333 g/mol. The van der Waals surface area contributed by atoms with Gasteiger partial charge in [0, 0.05) is 57.1 Å². The number of anilines is 1. The number of hydrogen-bond acceptors (Lipinski definition) is 6. The molecule has 122 valence electrons. The van der Waals surface area contributed by atoms with Gasteiger partial charge in [-0.2, -0.15) is 4.37 Å². The number of aryl methyl sites for hydroxylation is 1. The van der Waals surface area contributed by atoms with E-state index in [0.29, 0.717) is 6.42 Å². The van der Waals surface area contributed by atoms with E-state index in [1.165, 1.54) is 11.5 Å². The lowest BCUT2D eigenvalue weighted by molar-refractivity contribution is -0.131. The third-order valence-corrected chi connectivity index (χ3v) is 4.08. The molecule has 0 saturated carbocycles. The van der Waals surface area contributed by atoms with E-state index >= 15 is 0 Å². The SMILES string of the molecule is CCc1nsc(N2CCN(C(=O)CCNC)CC2)n1.Cl.Cl. The Labute approximate surface area is 142 Å². The first-order valence-corrected chi connectivity index (χ1v) is 7.51. The van der Waals surface area contributed by atoms with Gasteiger partial charge in [-0.1, -0.05) is 6.92 Å². The fourth-order valence-corrected chi connectivity index (χ4v) is 2.86. The summed E-state index contributed by atoms with van der Waals surface area (Å²) in [6.07, 6.45) is 1.45. The molecule has 0 aromatic carbocycles. The second-order valence-corrected chi connectivity index (χ2v) is 5.30. The number of hydrogen-bond donors (Lipinski definition) is 1. The molecule has 1 aromatic heterocycles. The van der Waals surface area contributed by atoms with Crippen LogP contribution in [0.2, 0.25) is 0 Å². The number of carbonyl (C=O) groups excluding carboxylic acids is 1. The third kappa shape index (κ3) is 5.58. The average Bonchev–Trinajstić information content (AvgIpc) is 2.94. The monoisotopic (exact) mass is 355 g/mol. The molecule has 21 heavy (non-hydrogen) atoms. The Bertz CT molecular complexity index is 424. The summed E-state index contributed by atoms with van der Waals surface area (Å²) >= 11 is 1.46. The van der Waals surface area contributed by atoms with E-state index in [1.54, 1.807) is 0 Å². The molecule has 0 spiro atoms. The van der Waals surface area contributed by atoms with Gasteiger partial charge < -0.3 is 15.1 Å². The summed E-state index contributed by atoms with van der Waals surface area (Å²) in [4.78, 5) is 20.5. The Morgan fingerprint density at radius 3 is 2.48 bits per heavy atom. The summed E-state index contributed by atoms with van der Waals surface area (Å²) in [6.45, 7) is 6.07. The Balaban J connectivity index is 0.00000200. The van der Waals surface area contributed by atoms with Crippen molar-refractivity contribution in [3.63, 3.8) is 0 Å². The van der Waals surface area contributed by atoms with E-state index < -0.39 is 0 Å². The second kappa shape index (κ2) is 10.2. The molecular formula is C12H23Cl2N5OS. The molecule has 9 heteroatoms. The molecule has 2 rings (SSSR count). The molecule has 0 unspecified atom stereocenters. The standard InChI is InChI=1S/C12H21N5OS.2ClH/c1-3-10-14-12(19-15-10)17-8-6-16(7-9-17)11(18)4-5-13-2;;/h13H,3-9H2,1-2H3;2*1H. The molecule has 1 aromatic rings. The molecule has 0 atom stereocenters. The summed E-state index contributed by atoms with van der Waals surface area (Å²) in [5.74, 6) is 1.15. The highest BCUT2D eigenvalue weighted by molar-refractivity contribution is 7.09. The van der Waals surface area contributed by atoms with Crippen LogP contribution < -0.4 is 10.2 Å². The molecule has 1 aliphatic rings. The molecule has 1 fully saturated rings. The van der Waals surface area contributed by atoms with Crippen molar-refractivity contribution in [3.05, 3.63) is 5.82 Å². The van der Waals surface area contributed by atoms with Gasteiger partial charge in [-0.25, -0.2) is 4.98 Å². The smallest absolute Gasteiger partial charge is 0.223 e. The van der Waals surface area contributed by atoms with Gasteiger partial charge in [0.1, 0.15) is 5.82 Å². The van der Waals surface area contributed by atoms with Crippen molar-refractivity contribution in [1.82, 2.24) is 19.6 Å². The van der Waals surface area contributed by atoms with Crippen LogP contribution in [-0.4, -0.2) is 59.9 Å². The summed E-state index contributed by atoms with van der Waals surface area (Å²) in [5.41, 5.74) is 0. The van der Waals surface area contributed by atoms with Crippen LogP contribution >= 0.6 is 36.3 Å². The zero-order valence-corrected chi connectivity index (χ0v) is 14.8. The summed E-state index contributed by atoms with van der Waals surface area (Å²) in [7, 11) is 1.87. The molecule has 2 heterocycles. The highest BCUT2D eigenvalue weighted by Crippen LogP contribution is 2.19. The van der Waals surface area contributed by atoms with Crippen LogP contribution in [0.1, 0.15) is 19.2 Å². The highest BCUT2D eigenvalue weighted by Gasteiger charge is 2.22. The van der Waals surface area contributed by atoms with Crippen LogP contribution in [0.5, 0.6) is 0 Å². The first-order valence-electron chi connectivity index (χ1n) is 6.74. The molecule has 1 amide bonds. The van der Waals surface area contributed by atoms with Gasteiger partial charge in [-0.15, -0.1) is 24.8 Å². The molecule has 0 radical (unpaired) electrons. The van der Waals surface area contributed by atoms with Gasteiger partial charge in [-0.05, 0) is 7.05 Å². The van der Waals surface area contributed by atoms with Gasteiger partial charge >= 0.3 is 0 Å². The van der Waals surface area contributed by atoms with Crippen LogP contribution in [0.25, 0.3) is 0 Å². The molecule has 0 aliphatic carbocycles. The normalized spacial score (nSPS) is 14.4. The predicted molar refractivity (Wildman–Crippen MR) is 91.1 cm³/mol. The number of nitrogens with zero attached hydrogens (tertiary/aromatic N) is 4.